The first-order valence-electron chi connectivity index (χ1n) is 11.4. The van der Waals surface area contributed by atoms with Gasteiger partial charge in [0.15, 0.2) is 0 Å². The molecular formula is C26H31N3O2S. The fraction of sp³-hybridized carbons (Fsp3) is 0.385. The summed E-state index contributed by atoms with van der Waals surface area (Å²) in [7, 11) is 0. The van der Waals surface area contributed by atoms with Crippen LogP contribution in [-0.4, -0.2) is 36.2 Å². The molecule has 1 aliphatic heterocycles. The average molecular weight is 450 g/mol. The fourth-order valence-corrected chi connectivity index (χ4v) is 4.96. The first-order valence-corrected chi connectivity index (χ1v) is 12.2. The monoisotopic (exact) mass is 449 g/mol. The van der Waals surface area contributed by atoms with Gasteiger partial charge >= 0.3 is 5.97 Å². The van der Waals surface area contributed by atoms with E-state index in [2.05, 4.69) is 63.9 Å². The molecule has 0 bridgehead atoms. The molecule has 1 unspecified atom stereocenters. The minimum Gasteiger partial charge on any atom is -0.459 e. The SMILES string of the molecule is CCC(N[C@@H]1CCN(c2ncccc2C(=O)OC(C)C)C1)c1ccc(-c2cccs2)cc1. The molecule has 4 rings (SSSR count). The highest BCUT2D eigenvalue weighted by Gasteiger charge is 2.28. The molecule has 168 valence electrons. The van der Waals surface area contributed by atoms with Crippen molar-refractivity contribution in [1.82, 2.24) is 10.3 Å². The summed E-state index contributed by atoms with van der Waals surface area (Å²) in [5.74, 6) is 0.410. The number of rotatable bonds is 8. The van der Waals surface area contributed by atoms with Gasteiger partial charge in [-0.05, 0) is 61.4 Å². The third kappa shape index (κ3) is 5.19. The van der Waals surface area contributed by atoms with Crippen molar-refractivity contribution in [2.75, 3.05) is 18.0 Å². The number of carbonyl (C=O) groups is 1. The van der Waals surface area contributed by atoms with E-state index in [1.54, 1.807) is 29.7 Å². The van der Waals surface area contributed by atoms with Crippen molar-refractivity contribution in [2.45, 2.75) is 51.8 Å². The minimum atomic E-state index is -0.309. The fourth-order valence-electron chi connectivity index (χ4n) is 4.23. The van der Waals surface area contributed by atoms with Crippen molar-refractivity contribution >= 4 is 23.1 Å². The predicted molar refractivity (Wildman–Crippen MR) is 131 cm³/mol. The first kappa shape index (κ1) is 22.5. The second-order valence-electron chi connectivity index (χ2n) is 8.49. The van der Waals surface area contributed by atoms with Gasteiger partial charge in [0.2, 0.25) is 0 Å². The van der Waals surface area contributed by atoms with Crippen LogP contribution in [0, 0.1) is 0 Å². The van der Waals surface area contributed by atoms with E-state index in [1.165, 1.54) is 16.0 Å². The van der Waals surface area contributed by atoms with E-state index in [4.69, 9.17) is 4.74 Å². The van der Waals surface area contributed by atoms with E-state index in [9.17, 15) is 4.79 Å². The Balaban J connectivity index is 1.42. The third-order valence-corrected chi connectivity index (χ3v) is 6.72. The molecule has 1 aromatic carbocycles. The summed E-state index contributed by atoms with van der Waals surface area (Å²) in [5.41, 5.74) is 3.12. The van der Waals surface area contributed by atoms with Crippen LogP contribution in [0.5, 0.6) is 0 Å². The van der Waals surface area contributed by atoms with Crippen LogP contribution in [0.15, 0.2) is 60.1 Å². The highest BCUT2D eigenvalue weighted by Crippen LogP contribution is 2.28. The van der Waals surface area contributed by atoms with Crippen molar-refractivity contribution < 1.29 is 9.53 Å². The smallest absolute Gasteiger partial charge is 0.342 e. The number of nitrogens with one attached hydrogen (secondary N) is 1. The first-order chi connectivity index (χ1) is 15.5. The van der Waals surface area contributed by atoms with Gasteiger partial charge in [0, 0.05) is 36.2 Å². The van der Waals surface area contributed by atoms with Gasteiger partial charge in [-0.3, -0.25) is 0 Å². The Kier molecular flexibility index (Phi) is 7.22. The molecule has 32 heavy (non-hydrogen) atoms. The summed E-state index contributed by atoms with van der Waals surface area (Å²) >= 11 is 1.77. The normalized spacial score (nSPS) is 17.0. The summed E-state index contributed by atoms with van der Waals surface area (Å²) in [5, 5.41) is 5.95. The Morgan fingerprint density at radius 3 is 2.72 bits per heavy atom. The molecule has 1 saturated heterocycles. The molecule has 2 aromatic heterocycles. The lowest BCUT2D eigenvalue weighted by molar-refractivity contribution is 0.0378. The van der Waals surface area contributed by atoms with E-state index in [0.29, 0.717) is 17.6 Å². The van der Waals surface area contributed by atoms with Gasteiger partial charge in [-0.2, -0.15) is 0 Å². The second kappa shape index (κ2) is 10.3. The van der Waals surface area contributed by atoms with Crippen LogP contribution in [-0.2, 0) is 4.74 Å². The maximum absolute atomic E-state index is 12.5. The van der Waals surface area contributed by atoms with Gasteiger partial charge in [-0.1, -0.05) is 37.3 Å². The number of nitrogens with zero attached hydrogens (tertiary/aromatic N) is 2. The summed E-state index contributed by atoms with van der Waals surface area (Å²) in [4.78, 5) is 20.5. The second-order valence-corrected chi connectivity index (χ2v) is 9.43. The van der Waals surface area contributed by atoms with E-state index in [-0.39, 0.29) is 12.1 Å². The summed E-state index contributed by atoms with van der Waals surface area (Å²) < 4.78 is 5.42. The van der Waals surface area contributed by atoms with Gasteiger partial charge < -0.3 is 15.0 Å². The molecule has 0 aliphatic carbocycles. The predicted octanol–water partition coefficient (Wildman–Crippen LogP) is 5.69. The molecule has 0 spiro atoms. The van der Waals surface area contributed by atoms with Crippen LogP contribution in [0.25, 0.3) is 10.4 Å². The largest absolute Gasteiger partial charge is 0.459 e. The molecule has 0 radical (unpaired) electrons. The Morgan fingerprint density at radius 1 is 1.22 bits per heavy atom. The van der Waals surface area contributed by atoms with Crippen molar-refractivity contribution in [3.8, 4) is 10.4 Å². The van der Waals surface area contributed by atoms with Crippen molar-refractivity contribution in [2.24, 2.45) is 0 Å². The topological polar surface area (TPSA) is 54.5 Å². The molecule has 2 atom stereocenters. The van der Waals surface area contributed by atoms with Crippen LogP contribution in [0.1, 0.15) is 55.6 Å². The van der Waals surface area contributed by atoms with Crippen molar-refractivity contribution in [3.05, 3.63) is 71.2 Å². The number of ether oxygens (including phenoxy) is 1. The van der Waals surface area contributed by atoms with E-state index in [1.807, 2.05) is 13.8 Å². The number of esters is 1. The molecule has 5 nitrogen and oxygen atoms in total. The zero-order valence-electron chi connectivity index (χ0n) is 19.0. The van der Waals surface area contributed by atoms with Gasteiger partial charge in [-0.15, -0.1) is 11.3 Å². The van der Waals surface area contributed by atoms with E-state index < -0.39 is 0 Å². The van der Waals surface area contributed by atoms with Gasteiger partial charge in [0.05, 0.1) is 6.10 Å². The van der Waals surface area contributed by atoms with Crippen LogP contribution < -0.4 is 10.2 Å². The zero-order valence-corrected chi connectivity index (χ0v) is 19.8. The Morgan fingerprint density at radius 2 is 2.03 bits per heavy atom. The van der Waals surface area contributed by atoms with Crippen LogP contribution in [0.2, 0.25) is 0 Å². The highest BCUT2D eigenvalue weighted by atomic mass is 32.1. The van der Waals surface area contributed by atoms with Crippen molar-refractivity contribution in [1.29, 1.82) is 0 Å². The molecule has 0 saturated carbocycles. The standard InChI is InChI=1S/C26H31N3O2S/c1-4-23(19-9-11-20(12-10-19)24-8-6-16-32-24)28-21-13-15-29(17-21)25-22(7-5-14-27-25)26(30)31-18(2)3/h5-12,14,16,18,21,23,28H,4,13,15,17H2,1-3H3/t21-,23?/m1/s1. The lowest BCUT2D eigenvalue weighted by Gasteiger charge is -2.24. The molecule has 1 aliphatic rings. The summed E-state index contributed by atoms with van der Waals surface area (Å²) in [6.07, 6.45) is 3.62. The molecule has 6 heteroatoms. The number of pyridine rings is 1. The van der Waals surface area contributed by atoms with Crippen LogP contribution in [0.4, 0.5) is 5.82 Å². The molecular weight excluding hydrogens is 418 g/mol. The van der Waals surface area contributed by atoms with Gasteiger partial charge in [0.25, 0.3) is 0 Å². The Bertz CT molecular complexity index is 1020. The molecule has 0 amide bonds. The molecule has 1 N–H and O–H groups in total. The lowest BCUT2D eigenvalue weighted by atomic mass is 10.0. The third-order valence-electron chi connectivity index (χ3n) is 5.80. The minimum absolute atomic E-state index is 0.153. The van der Waals surface area contributed by atoms with Crippen LogP contribution >= 0.6 is 11.3 Å². The van der Waals surface area contributed by atoms with E-state index >= 15 is 0 Å². The van der Waals surface area contributed by atoms with Crippen molar-refractivity contribution in [3.63, 3.8) is 0 Å². The average Bonchev–Trinajstić information content (AvgIpc) is 3.50. The van der Waals surface area contributed by atoms with Gasteiger partial charge in [-0.25, -0.2) is 9.78 Å². The zero-order chi connectivity index (χ0) is 22.5. The molecule has 3 heterocycles. The number of carbonyl (C=O) groups excluding carboxylic acids is 1. The van der Waals surface area contributed by atoms with Gasteiger partial charge in [0.1, 0.15) is 11.4 Å². The quantitative estimate of drug-likeness (QED) is 0.448. The summed E-state index contributed by atoms with van der Waals surface area (Å²) in [6, 6.07) is 17.4. The number of anilines is 1. The highest BCUT2D eigenvalue weighted by molar-refractivity contribution is 7.13. The maximum Gasteiger partial charge on any atom is 0.342 e. The van der Waals surface area contributed by atoms with Crippen LogP contribution in [0.3, 0.4) is 0 Å². The lowest BCUT2D eigenvalue weighted by Crippen LogP contribution is -2.35. The number of hydrogen-bond donors (Lipinski definition) is 1. The molecule has 3 aromatic rings. The Hall–Kier alpha value is -2.70. The molecule has 1 fully saturated rings. The van der Waals surface area contributed by atoms with E-state index in [0.717, 1.165) is 31.7 Å². The number of thiophene rings is 1. The number of aromatic nitrogens is 1. The number of hydrogen-bond acceptors (Lipinski definition) is 6. The Labute approximate surface area is 194 Å². The summed E-state index contributed by atoms with van der Waals surface area (Å²) in [6.45, 7) is 7.63. The number of benzene rings is 1. The maximum atomic E-state index is 12.5.